The molecular formula is C20H23NO3. The summed E-state index contributed by atoms with van der Waals surface area (Å²) in [6.07, 6.45) is 2.19. The van der Waals surface area contributed by atoms with Crippen molar-refractivity contribution < 1.29 is 14.3 Å². The number of hydrogen-bond donors (Lipinski definition) is 0. The summed E-state index contributed by atoms with van der Waals surface area (Å²) in [5, 5.41) is 0. The van der Waals surface area contributed by atoms with Crippen LogP contribution in [0.2, 0.25) is 0 Å². The van der Waals surface area contributed by atoms with Crippen molar-refractivity contribution in [1.82, 2.24) is 0 Å². The fraction of sp³-hybridized carbons (Fsp3) is 0.350. The molecule has 2 aromatic rings. The molecule has 0 aliphatic carbocycles. The van der Waals surface area contributed by atoms with Crippen molar-refractivity contribution in [2.24, 2.45) is 0 Å². The van der Waals surface area contributed by atoms with Crippen LogP contribution in [0.15, 0.2) is 54.6 Å². The van der Waals surface area contributed by atoms with Gasteiger partial charge in [0.25, 0.3) is 0 Å². The molecule has 24 heavy (non-hydrogen) atoms. The van der Waals surface area contributed by atoms with E-state index in [2.05, 4.69) is 17.0 Å². The van der Waals surface area contributed by atoms with Crippen LogP contribution in [0.1, 0.15) is 18.4 Å². The molecular weight excluding hydrogens is 302 g/mol. The molecule has 0 N–H and O–H groups in total. The summed E-state index contributed by atoms with van der Waals surface area (Å²) in [6, 6.07) is 17.8. The number of benzene rings is 2. The molecule has 0 saturated carbocycles. The van der Waals surface area contributed by atoms with Gasteiger partial charge in [0.05, 0.1) is 20.1 Å². The minimum Gasteiger partial charge on any atom is -0.497 e. The van der Waals surface area contributed by atoms with Crippen molar-refractivity contribution in [2.45, 2.75) is 25.4 Å². The number of piperidine rings is 1. The molecule has 3 rings (SSSR count). The second kappa shape index (κ2) is 7.86. The van der Waals surface area contributed by atoms with E-state index in [1.54, 1.807) is 7.11 Å². The van der Waals surface area contributed by atoms with Crippen LogP contribution in [0.3, 0.4) is 0 Å². The van der Waals surface area contributed by atoms with Crippen LogP contribution in [0.25, 0.3) is 0 Å². The Balaban J connectivity index is 1.56. The number of hydrogen-bond acceptors (Lipinski definition) is 4. The Morgan fingerprint density at radius 2 is 2.00 bits per heavy atom. The lowest BCUT2D eigenvalue weighted by Gasteiger charge is -2.34. The van der Waals surface area contributed by atoms with Gasteiger partial charge >= 0.3 is 5.97 Å². The summed E-state index contributed by atoms with van der Waals surface area (Å²) in [7, 11) is 1.62. The Labute approximate surface area is 143 Å². The lowest BCUT2D eigenvalue weighted by atomic mass is 10.1. The third-order valence-electron chi connectivity index (χ3n) is 4.28. The van der Waals surface area contributed by atoms with Gasteiger partial charge in [0.1, 0.15) is 11.9 Å². The number of anilines is 1. The van der Waals surface area contributed by atoms with Gasteiger partial charge in [-0.2, -0.15) is 0 Å². The van der Waals surface area contributed by atoms with Gasteiger partial charge in [0.2, 0.25) is 0 Å². The Morgan fingerprint density at radius 1 is 1.17 bits per heavy atom. The smallest absolute Gasteiger partial charge is 0.310 e. The van der Waals surface area contributed by atoms with Gasteiger partial charge in [-0.05, 0) is 42.7 Å². The Hall–Kier alpha value is -2.49. The van der Waals surface area contributed by atoms with E-state index in [9.17, 15) is 4.79 Å². The highest BCUT2D eigenvalue weighted by molar-refractivity contribution is 5.73. The fourth-order valence-electron chi connectivity index (χ4n) is 3.08. The fourth-order valence-corrected chi connectivity index (χ4v) is 3.08. The van der Waals surface area contributed by atoms with Crippen LogP contribution < -0.4 is 9.64 Å². The molecule has 126 valence electrons. The van der Waals surface area contributed by atoms with Crippen molar-refractivity contribution in [2.75, 3.05) is 25.1 Å². The number of carbonyl (C=O) groups excluding carboxylic acids is 1. The SMILES string of the molecule is COc1cccc(CC(=O)OC2CCCN(c3ccccc3)C2)c1. The van der Waals surface area contributed by atoms with Gasteiger partial charge in [0.15, 0.2) is 0 Å². The van der Waals surface area contributed by atoms with Crippen LogP contribution in [-0.4, -0.2) is 32.3 Å². The standard InChI is InChI=1S/C20H23NO3/c1-23-18-10-5-7-16(13-18)14-20(22)24-19-11-6-12-21(15-19)17-8-3-2-4-9-17/h2-5,7-10,13,19H,6,11-12,14-15H2,1H3. The molecule has 1 unspecified atom stereocenters. The first kappa shape index (κ1) is 16.4. The van der Waals surface area contributed by atoms with E-state index < -0.39 is 0 Å². The van der Waals surface area contributed by atoms with Gasteiger partial charge < -0.3 is 14.4 Å². The maximum atomic E-state index is 12.2. The van der Waals surface area contributed by atoms with E-state index in [0.717, 1.165) is 37.2 Å². The maximum absolute atomic E-state index is 12.2. The van der Waals surface area contributed by atoms with E-state index in [0.29, 0.717) is 0 Å². The molecule has 1 heterocycles. The van der Waals surface area contributed by atoms with Gasteiger partial charge in [-0.25, -0.2) is 0 Å². The molecule has 1 atom stereocenters. The first-order valence-electron chi connectivity index (χ1n) is 8.37. The minimum absolute atomic E-state index is 0.0444. The number of nitrogens with zero attached hydrogens (tertiary/aromatic N) is 1. The number of ether oxygens (including phenoxy) is 2. The van der Waals surface area contributed by atoms with Crippen molar-refractivity contribution in [1.29, 1.82) is 0 Å². The summed E-state index contributed by atoms with van der Waals surface area (Å²) in [5.41, 5.74) is 2.10. The molecule has 1 saturated heterocycles. The molecule has 1 aliphatic heterocycles. The zero-order valence-electron chi connectivity index (χ0n) is 14.0. The number of esters is 1. The molecule has 4 nitrogen and oxygen atoms in total. The summed E-state index contributed by atoms with van der Waals surface area (Å²) in [6.45, 7) is 1.77. The van der Waals surface area contributed by atoms with Crippen LogP contribution in [0, 0.1) is 0 Å². The zero-order chi connectivity index (χ0) is 16.8. The monoisotopic (exact) mass is 325 g/mol. The van der Waals surface area contributed by atoms with E-state index in [-0.39, 0.29) is 18.5 Å². The predicted octanol–water partition coefficient (Wildman–Crippen LogP) is 3.45. The number of methoxy groups -OCH3 is 1. The van der Waals surface area contributed by atoms with Crippen molar-refractivity contribution >= 4 is 11.7 Å². The van der Waals surface area contributed by atoms with E-state index >= 15 is 0 Å². The number of para-hydroxylation sites is 1. The van der Waals surface area contributed by atoms with Crippen molar-refractivity contribution in [3.8, 4) is 5.75 Å². The zero-order valence-corrected chi connectivity index (χ0v) is 14.0. The lowest BCUT2D eigenvalue weighted by molar-refractivity contribution is -0.148. The minimum atomic E-state index is -0.178. The third-order valence-corrected chi connectivity index (χ3v) is 4.28. The molecule has 4 heteroatoms. The molecule has 0 bridgehead atoms. The highest BCUT2D eigenvalue weighted by Crippen LogP contribution is 2.21. The molecule has 0 aromatic heterocycles. The summed E-state index contributed by atoms with van der Waals surface area (Å²) in [4.78, 5) is 14.5. The quantitative estimate of drug-likeness (QED) is 0.789. The molecule has 0 amide bonds. The highest BCUT2D eigenvalue weighted by Gasteiger charge is 2.23. The van der Waals surface area contributed by atoms with Gasteiger partial charge in [0, 0.05) is 12.2 Å². The summed E-state index contributed by atoms with van der Waals surface area (Å²) in [5.74, 6) is 0.580. The Kier molecular flexibility index (Phi) is 5.36. The highest BCUT2D eigenvalue weighted by atomic mass is 16.5. The van der Waals surface area contributed by atoms with Crippen LogP contribution in [0.4, 0.5) is 5.69 Å². The van der Waals surface area contributed by atoms with Crippen molar-refractivity contribution in [3.05, 3.63) is 60.2 Å². The van der Waals surface area contributed by atoms with Gasteiger partial charge in [-0.15, -0.1) is 0 Å². The summed E-state index contributed by atoms with van der Waals surface area (Å²) >= 11 is 0. The Morgan fingerprint density at radius 3 is 2.79 bits per heavy atom. The molecule has 1 fully saturated rings. The average molecular weight is 325 g/mol. The molecule has 1 aliphatic rings. The van der Waals surface area contributed by atoms with E-state index in [1.807, 2.05) is 42.5 Å². The van der Waals surface area contributed by atoms with Crippen LogP contribution >= 0.6 is 0 Å². The maximum Gasteiger partial charge on any atom is 0.310 e. The second-order valence-corrected chi connectivity index (χ2v) is 6.06. The topological polar surface area (TPSA) is 38.8 Å². The first-order chi connectivity index (χ1) is 11.7. The average Bonchev–Trinajstić information content (AvgIpc) is 2.63. The largest absolute Gasteiger partial charge is 0.497 e. The van der Waals surface area contributed by atoms with Crippen LogP contribution in [0.5, 0.6) is 5.75 Å². The third kappa shape index (κ3) is 4.28. The van der Waals surface area contributed by atoms with Crippen LogP contribution in [-0.2, 0) is 16.0 Å². The normalized spacial score (nSPS) is 17.4. The molecule has 2 aromatic carbocycles. The Bertz CT molecular complexity index is 672. The molecule has 0 spiro atoms. The number of carbonyl (C=O) groups is 1. The number of rotatable bonds is 5. The molecule has 0 radical (unpaired) electrons. The van der Waals surface area contributed by atoms with Crippen molar-refractivity contribution in [3.63, 3.8) is 0 Å². The lowest BCUT2D eigenvalue weighted by Crippen LogP contribution is -2.40. The first-order valence-corrected chi connectivity index (χ1v) is 8.37. The van der Waals surface area contributed by atoms with Gasteiger partial charge in [-0.1, -0.05) is 30.3 Å². The van der Waals surface area contributed by atoms with Gasteiger partial charge in [-0.3, -0.25) is 4.79 Å². The van der Waals surface area contributed by atoms with E-state index in [1.165, 1.54) is 5.69 Å². The second-order valence-electron chi connectivity index (χ2n) is 6.06. The van der Waals surface area contributed by atoms with E-state index in [4.69, 9.17) is 9.47 Å². The summed E-state index contributed by atoms with van der Waals surface area (Å²) < 4.78 is 10.9. The predicted molar refractivity (Wildman–Crippen MR) is 94.5 cm³/mol.